The van der Waals surface area contributed by atoms with Gasteiger partial charge in [-0.05, 0) is 67.7 Å². The number of hydrogen-bond acceptors (Lipinski definition) is 7. The van der Waals surface area contributed by atoms with E-state index >= 15 is 0 Å². The van der Waals surface area contributed by atoms with E-state index in [2.05, 4.69) is 20.9 Å². The lowest BCUT2D eigenvalue weighted by molar-refractivity contribution is 0.0205. The number of likely N-dealkylation sites (tertiary alicyclic amines) is 1. The van der Waals surface area contributed by atoms with Crippen LogP contribution >= 0.6 is 27.3 Å². The molecule has 1 fully saturated rings. The summed E-state index contributed by atoms with van der Waals surface area (Å²) in [5, 5.41) is 3.64. The average molecular weight is 604 g/mol. The van der Waals surface area contributed by atoms with Crippen molar-refractivity contribution in [2.24, 2.45) is 0 Å². The third-order valence-corrected chi connectivity index (χ3v) is 9.28. The van der Waals surface area contributed by atoms with Crippen LogP contribution in [-0.2, 0) is 14.8 Å². The lowest BCUT2D eigenvalue weighted by Crippen LogP contribution is -2.41. The number of carbonyl (C=O) groups is 1. The van der Waals surface area contributed by atoms with Crippen molar-refractivity contribution in [2.45, 2.75) is 50.0 Å². The second-order valence-electron chi connectivity index (χ2n) is 9.99. The van der Waals surface area contributed by atoms with E-state index in [9.17, 15) is 13.2 Å². The van der Waals surface area contributed by atoms with Crippen LogP contribution in [0.1, 0.15) is 44.5 Å². The van der Waals surface area contributed by atoms with Crippen LogP contribution in [0, 0.1) is 0 Å². The van der Waals surface area contributed by atoms with E-state index in [0.29, 0.717) is 35.4 Å². The van der Waals surface area contributed by atoms with Gasteiger partial charge in [-0.1, -0.05) is 18.2 Å². The van der Waals surface area contributed by atoms with Gasteiger partial charge in [-0.3, -0.25) is 0 Å². The van der Waals surface area contributed by atoms with Gasteiger partial charge in [0.05, 0.1) is 15.6 Å². The third-order valence-electron chi connectivity index (χ3n) is 6.17. The highest BCUT2D eigenvalue weighted by Crippen LogP contribution is 2.37. The van der Waals surface area contributed by atoms with Crippen LogP contribution in [-0.4, -0.2) is 52.0 Å². The number of fused-ring (bicyclic) bond motifs is 1. The van der Waals surface area contributed by atoms with Crippen LogP contribution < -0.4 is 0 Å². The molecule has 1 aromatic carbocycles. The lowest BCUT2D eigenvalue weighted by Gasteiger charge is -2.32. The molecule has 11 heteroatoms. The summed E-state index contributed by atoms with van der Waals surface area (Å²) in [5.74, 6) is 0.226. The normalized spacial score (nSPS) is 15.3. The van der Waals surface area contributed by atoms with Gasteiger partial charge < -0.3 is 9.64 Å². The van der Waals surface area contributed by atoms with Crippen molar-refractivity contribution in [3.63, 3.8) is 0 Å². The zero-order chi connectivity index (χ0) is 26.4. The minimum Gasteiger partial charge on any atom is -0.444 e. The second kappa shape index (κ2) is 9.85. The van der Waals surface area contributed by atoms with Crippen molar-refractivity contribution >= 4 is 54.4 Å². The van der Waals surface area contributed by atoms with Crippen molar-refractivity contribution in [3.8, 4) is 11.3 Å². The summed E-state index contributed by atoms with van der Waals surface area (Å²) in [6.07, 6.45) is 4.51. The molecule has 194 valence electrons. The Hall–Kier alpha value is -2.76. The maximum absolute atomic E-state index is 13.5. The molecule has 1 aliphatic rings. The number of piperidine rings is 1. The number of halogens is 1. The number of carbonyl (C=O) groups excluding carboxylic acids is 1. The molecule has 0 aliphatic carbocycles. The first-order valence-electron chi connectivity index (χ1n) is 11.9. The van der Waals surface area contributed by atoms with E-state index in [1.807, 2.05) is 32.2 Å². The van der Waals surface area contributed by atoms with Gasteiger partial charge >= 0.3 is 6.09 Å². The first-order chi connectivity index (χ1) is 17.5. The van der Waals surface area contributed by atoms with E-state index < -0.39 is 15.6 Å². The van der Waals surface area contributed by atoms with Crippen LogP contribution in [0.15, 0.2) is 63.5 Å². The standard InChI is InChI=1S/C26H27BrN4O4S2/c1-26(2,3)35-25(32)30-11-9-17(10-12-30)24-29-22(16-36-24)21-15-31(23-20(21)13-18(27)14-28-23)37(33,34)19-7-5-4-6-8-19/h4-8,13-17H,9-12H2,1-3H3. The molecule has 0 unspecified atom stereocenters. The highest BCUT2D eigenvalue weighted by molar-refractivity contribution is 9.10. The molecule has 4 aromatic rings. The number of amides is 1. The van der Waals surface area contributed by atoms with Gasteiger partial charge in [0.15, 0.2) is 5.65 Å². The SMILES string of the molecule is CC(C)(C)OC(=O)N1CCC(c2nc(-c3cn(S(=O)(=O)c4ccccc4)c4ncc(Br)cc34)cs2)CC1. The highest BCUT2D eigenvalue weighted by atomic mass is 79.9. The molecule has 1 amide bonds. The summed E-state index contributed by atoms with van der Waals surface area (Å²) < 4.78 is 34.4. The Morgan fingerprint density at radius 3 is 2.54 bits per heavy atom. The largest absolute Gasteiger partial charge is 0.444 e. The van der Waals surface area contributed by atoms with Gasteiger partial charge in [0, 0.05) is 52.2 Å². The number of aromatic nitrogens is 3. The van der Waals surface area contributed by atoms with E-state index in [-0.39, 0.29) is 16.9 Å². The molecule has 5 rings (SSSR count). The van der Waals surface area contributed by atoms with Gasteiger partial charge in [-0.2, -0.15) is 0 Å². The Balaban J connectivity index is 1.43. The molecule has 0 bridgehead atoms. The second-order valence-corrected chi connectivity index (χ2v) is 13.6. The number of ether oxygens (including phenoxy) is 1. The molecule has 0 N–H and O–H groups in total. The quantitative estimate of drug-likeness (QED) is 0.273. The molecule has 4 heterocycles. The molecule has 1 saturated heterocycles. The Morgan fingerprint density at radius 2 is 1.86 bits per heavy atom. The minimum absolute atomic E-state index is 0.193. The topological polar surface area (TPSA) is 94.4 Å². The zero-order valence-corrected chi connectivity index (χ0v) is 23.9. The van der Waals surface area contributed by atoms with Crippen molar-refractivity contribution in [1.29, 1.82) is 0 Å². The fourth-order valence-corrected chi connectivity index (χ4v) is 7.05. The molecular weight excluding hydrogens is 576 g/mol. The number of pyridine rings is 1. The van der Waals surface area contributed by atoms with Crippen LogP contribution in [0.2, 0.25) is 0 Å². The maximum atomic E-state index is 13.5. The van der Waals surface area contributed by atoms with Crippen LogP contribution in [0.3, 0.4) is 0 Å². The first kappa shape index (κ1) is 25.9. The molecule has 8 nitrogen and oxygen atoms in total. The Morgan fingerprint density at radius 1 is 1.16 bits per heavy atom. The van der Waals surface area contributed by atoms with Crippen LogP contribution in [0.5, 0.6) is 0 Å². The molecular formula is C26H27BrN4O4S2. The van der Waals surface area contributed by atoms with Gasteiger partial charge in [-0.15, -0.1) is 11.3 Å². The summed E-state index contributed by atoms with van der Waals surface area (Å²) in [4.78, 5) is 23.7. The molecule has 1 aliphatic heterocycles. The summed E-state index contributed by atoms with van der Waals surface area (Å²) in [6.45, 7) is 6.82. The van der Waals surface area contributed by atoms with Crippen molar-refractivity contribution in [2.75, 3.05) is 13.1 Å². The van der Waals surface area contributed by atoms with Crippen molar-refractivity contribution < 1.29 is 17.9 Å². The minimum atomic E-state index is -3.84. The summed E-state index contributed by atoms with van der Waals surface area (Å²) >= 11 is 5.03. The number of hydrogen-bond donors (Lipinski definition) is 0. The van der Waals surface area contributed by atoms with E-state index in [1.54, 1.807) is 59.0 Å². The van der Waals surface area contributed by atoms with Gasteiger partial charge in [-0.25, -0.2) is 27.2 Å². The Kier molecular flexibility index (Phi) is 6.88. The predicted octanol–water partition coefficient (Wildman–Crippen LogP) is 6.27. The zero-order valence-electron chi connectivity index (χ0n) is 20.7. The Bertz CT molecular complexity index is 1550. The molecule has 0 saturated carbocycles. The highest BCUT2D eigenvalue weighted by Gasteiger charge is 2.29. The molecule has 0 spiro atoms. The average Bonchev–Trinajstić information content (AvgIpc) is 3.49. The van der Waals surface area contributed by atoms with E-state index in [4.69, 9.17) is 9.72 Å². The van der Waals surface area contributed by atoms with E-state index in [1.165, 1.54) is 3.97 Å². The first-order valence-corrected chi connectivity index (χ1v) is 15.1. The van der Waals surface area contributed by atoms with Crippen LogP contribution in [0.4, 0.5) is 4.79 Å². The number of nitrogens with zero attached hydrogens (tertiary/aromatic N) is 4. The lowest BCUT2D eigenvalue weighted by atomic mass is 9.98. The molecule has 0 atom stereocenters. The fourth-order valence-electron chi connectivity index (χ4n) is 4.38. The smallest absolute Gasteiger partial charge is 0.410 e. The van der Waals surface area contributed by atoms with Crippen molar-refractivity contribution in [3.05, 3.63) is 63.7 Å². The summed E-state index contributed by atoms with van der Waals surface area (Å²) in [5.41, 5.74) is 1.25. The van der Waals surface area contributed by atoms with Gasteiger partial charge in [0.25, 0.3) is 10.0 Å². The molecule has 37 heavy (non-hydrogen) atoms. The summed E-state index contributed by atoms with van der Waals surface area (Å²) in [6, 6.07) is 10.2. The fraction of sp³-hybridized carbons (Fsp3) is 0.346. The van der Waals surface area contributed by atoms with Crippen molar-refractivity contribution in [1.82, 2.24) is 18.8 Å². The third kappa shape index (κ3) is 5.30. The number of benzene rings is 1. The Labute approximate surface area is 228 Å². The molecule has 0 radical (unpaired) electrons. The summed E-state index contributed by atoms with van der Waals surface area (Å²) in [7, 11) is -3.84. The van der Waals surface area contributed by atoms with E-state index in [0.717, 1.165) is 22.3 Å². The predicted molar refractivity (Wildman–Crippen MR) is 147 cm³/mol. The van der Waals surface area contributed by atoms with Gasteiger partial charge in [0.2, 0.25) is 0 Å². The maximum Gasteiger partial charge on any atom is 0.410 e. The number of thiazole rings is 1. The van der Waals surface area contributed by atoms with Gasteiger partial charge in [0.1, 0.15) is 5.60 Å². The van der Waals surface area contributed by atoms with Crippen LogP contribution in [0.25, 0.3) is 22.3 Å². The number of rotatable bonds is 4. The monoisotopic (exact) mass is 602 g/mol. The molecule has 3 aromatic heterocycles.